The van der Waals surface area contributed by atoms with E-state index in [4.69, 9.17) is 14.0 Å². The summed E-state index contributed by atoms with van der Waals surface area (Å²) in [5, 5.41) is 7.82. The molecule has 1 fully saturated rings. The highest BCUT2D eigenvalue weighted by Crippen LogP contribution is 2.48. The summed E-state index contributed by atoms with van der Waals surface area (Å²) in [4.78, 5) is 2.45. The SMILES string of the molecule is COc1c(-c2cccc(N3CCNCC3)c2)c(C)c(OC)c2c(NS(=O)(=O)c3ccccc3)noc12.Cl. The van der Waals surface area contributed by atoms with E-state index in [1.165, 1.54) is 19.2 Å². The number of nitrogens with one attached hydrogen (secondary N) is 2. The molecule has 3 aromatic carbocycles. The molecule has 1 aromatic heterocycles. The Morgan fingerprint density at radius 1 is 1.00 bits per heavy atom. The molecule has 5 rings (SSSR count). The van der Waals surface area contributed by atoms with Crippen LogP contribution in [0.5, 0.6) is 11.5 Å². The molecule has 11 heteroatoms. The van der Waals surface area contributed by atoms with Crippen LogP contribution in [-0.2, 0) is 10.0 Å². The second kappa shape index (κ2) is 10.9. The Hall–Kier alpha value is -3.47. The third-order valence-electron chi connectivity index (χ3n) is 6.38. The lowest BCUT2D eigenvalue weighted by molar-refractivity contribution is 0.391. The van der Waals surface area contributed by atoms with E-state index in [0.717, 1.165) is 48.6 Å². The Bertz CT molecular complexity index is 1500. The van der Waals surface area contributed by atoms with Crippen molar-refractivity contribution in [1.29, 1.82) is 0 Å². The Balaban J connectivity index is 0.00000320. The molecule has 9 nitrogen and oxygen atoms in total. The molecular formula is C26H29ClN4O5S. The van der Waals surface area contributed by atoms with Gasteiger partial charge >= 0.3 is 0 Å². The van der Waals surface area contributed by atoms with Crippen LogP contribution in [0.3, 0.4) is 0 Å². The Kier molecular flexibility index (Phi) is 7.82. The van der Waals surface area contributed by atoms with Crippen LogP contribution in [0.1, 0.15) is 5.56 Å². The number of rotatable bonds is 7. The smallest absolute Gasteiger partial charge is 0.263 e. The van der Waals surface area contributed by atoms with Crippen LogP contribution in [-0.4, -0.2) is 54.0 Å². The van der Waals surface area contributed by atoms with Crippen molar-refractivity contribution >= 4 is 44.9 Å². The first kappa shape index (κ1) is 26.6. The zero-order valence-electron chi connectivity index (χ0n) is 20.8. The zero-order chi connectivity index (χ0) is 25.3. The molecule has 0 unspecified atom stereocenters. The van der Waals surface area contributed by atoms with Gasteiger partial charge in [0.1, 0.15) is 11.1 Å². The van der Waals surface area contributed by atoms with E-state index >= 15 is 0 Å². The van der Waals surface area contributed by atoms with Crippen LogP contribution in [0.2, 0.25) is 0 Å². The monoisotopic (exact) mass is 544 g/mol. The molecule has 0 radical (unpaired) electrons. The van der Waals surface area contributed by atoms with Gasteiger partial charge in [-0.15, -0.1) is 12.4 Å². The van der Waals surface area contributed by atoms with E-state index in [2.05, 4.69) is 32.2 Å². The van der Waals surface area contributed by atoms with Crippen LogP contribution >= 0.6 is 12.4 Å². The molecule has 0 spiro atoms. The van der Waals surface area contributed by atoms with Crippen LogP contribution in [0, 0.1) is 6.92 Å². The average Bonchev–Trinajstić information content (AvgIpc) is 3.31. The highest BCUT2D eigenvalue weighted by Gasteiger charge is 2.28. The summed E-state index contributed by atoms with van der Waals surface area (Å²) in [5.41, 5.74) is 3.93. The number of aromatic nitrogens is 1. The molecule has 0 aliphatic carbocycles. The van der Waals surface area contributed by atoms with Crippen molar-refractivity contribution in [3.63, 3.8) is 0 Å². The van der Waals surface area contributed by atoms with Gasteiger partial charge in [-0.2, -0.15) is 0 Å². The Morgan fingerprint density at radius 3 is 2.38 bits per heavy atom. The molecule has 2 N–H and O–H groups in total. The Labute approximate surface area is 222 Å². The summed E-state index contributed by atoms with van der Waals surface area (Å²) < 4.78 is 45.8. The standard InChI is InChI=1S/C26H28N4O5S.ClH/c1-17-21(18-8-7-9-19(16-18)30-14-12-27-13-15-30)24(34-3)25-22(23(17)33-2)26(28-35-25)29-36(31,32)20-10-5-4-6-11-20;/h4-11,16,27H,12-15H2,1-3H3,(H,28,29);1H. The highest BCUT2D eigenvalue weighted by atomic mass is 35.5. The first-order chi connectivity index (χ1) is 17.4. The summed E-state index contributed by atoms with van der Waals surface area (Å²) >= 11 is 0. The predicted molar refractivity (Wildman–Crippen MR) is 147 cm³/mol. The number of anilines is 2. The van der Waals surface area contributed by atoms with Gasteiger partial charge in [-0.05, 0) is 36.8 Å². The van der Waals surface area contributed by atoms with E-state index in [1.54, 1.807) is 25.3 Å². The molecule has 1 aliphatic heterocycles. The summed E-state index contributed by atoms with van der Waals surface area (Å²) in [6.07, 6.45) is 0. The van der Waals surface area contributed by atoms with Gasteiger partial charge in [0.05, 0.1) is 19.1 Å². The molecule has 1 saturated heterocycles. The van der Waals surface area contributed by atoms with Crippen LogP contribution in [0.25, 0.3) is 22.1 Å². The van der Waals surface area contributed by atoms with E-state index in [-0.39, 0.29) is 23.1 Å². The number of methoxy groups -OCH3 is 2. The summed E-state index contributed by atoms with van der Waals surface area (Å²) in [7, 11) is -0.796. The van der Waals surface area contributed by atoms with Gasteiger partial charge in [0, 0.05) is 43.0 Å². The van der Waals surface area contributed by atoms with Crippen molar-refractivity contribution in [1.82, 2.24) is 10.5 Å². The normalized spacial score (nSPS) is 13.8. The van der Waals surface area contributed by atoms with Crippen molar-refractivity contribution < 1.29 is 22.4 Å². The second-order valence-electron chi connectivity index (χ2n) is 8.51. The number of piperazine rings is 1. The largest absolute Gasteiger partial charge is 0.496 e. The van der Waals surface area contributed by atoms with Crippen LogP contribution in [0.15, 0.2) is 64.0 Å². The number of sulfonamides is 1. The van der Waals surface area contributed by atoms with E-state index in [0.29, 0.717) is 22.5 Å². The summed E-state index contributed by atoms with van der Waals surface area (Å²) in [5.74, 6) is 0.951. The van der Waals surface area contributed by atoms with E-state index < -0.39 is 10.0 Å². The van der Waals surface area contributed by atoms with Crippen molar-refractivity contribution in [3.8, 4) is 22.6 Å². The fourth-order valence-corrected chi connectivity index (χ4v) is 5.70. The molecule has 4 aromatic rings. The molecule has 0 amide bonds. The van der Waals surface area contributed by atoms with Crippen LogP contribution < -0.4 is 24.4 Å². The van der Waals surface area contributed by atoms with Gasteiger partial charge in [0.15, 0.2) is 11.6 Å². The lowest BCUT2D eigenvalue weighted by atomic mass is 9.95. The van der Waals surface area contributed by atoms with Gasteiger partial charge in [0.2, 0.25) is 5.58 Å². The fraction of sp³-hybridized carbons (Fsp3) is 0.269. The first-order valence-electron chi connectivity index (χ1n) is 11.6. The zero-order valence-corrected chi connectivity index (χ0v) is 22.4. The topological polar surface area (TPSA) is 106 Å². The molecule has 37 heavy (non-hydrogen) atoms. The Morgan fingerprint density at radius 2 is 1.70 bits per heavy atom. The lowest BCUT2D eigenvalue weighted by Crippen LogP contribution is -2.43. The first-order valence-corrected chi connectivity index (χ1v) is 13.1. The summed E-state index contributed by atoms with van der Waals surface area (Å²) in [6.45, 7) is 5.64. The third kappa shape index (κ3) is 4.92. The maximum absolute atomic E-state index is 13.0. The number of nitrogens with zero attached hydrogens (tertiary/aromatic N) is 2. The number of benzene rings is 3. The molecule has 0 atom stereocenters. The molecule has 0 saturated carbocycles. The average molecular weight is 545 g/mol. The van der Waals surface area contributed by atoms with Crippen molar-refractivity contribution in [3.05, 3.63) is 60.2 Å². The molecule has 2 heterocycles. The van der Waals surface area contributed by atoms with Crippen LogP contribution in [0.4, 0.5) is 11.5 Å². The number of hydrogen-bond acceptors (Lipinski definition) is 8. The fourth-order valence-electron chi connectivity index (χ4n) is 4.67. The van der Waals surface area contributed by atoms with Gasteiger partial charge in [-0.1, -0.05) is 35.5 Å². The van der Waals surface area contributed by atoms with E-state index in [1.807, 2.05) is 19.1 Å². The quantitative estimate of drug-likeness (QED) is 0.351. The van der Waals surface area contributed by atoms with Gasteiger partial charge in [-0.3, -0.25) is 4.72 Å². The number of hydrogen-bond donors (Lipinski definition) is 2. The number of fused-ring (bicyclic) bond motifs is 1. The van der Waals surface area contributed by atoms with E-state index in [9.17, 15) is 8.42 Å². The third-order valence-corrected chi connectivity index (χ3v) is 7.73. The van der Waals surface area contributed by atoms with Crippen molar-refractivity contribution in [2.45, 2.75) is 11.8 Å². The van der Waals surface area contributed by atoms with Gasteiger partial charge < -0.3 is 24.2 Å². The minimum absolute atomic E-state index is 0. The lowest BCUT2D eigenvalue weighted by Gasteiger charge is -2.30. The summed E-state index contributed by atoms with van der Waals surface area (Å²) in [6, 6.07) is 16.3. The van der Waals surface area contributed by atoms with Gasteiger partial charge in [0.25, 0.3) is 10.0 Å². The number of halogens is 1. The van der Waals surface area contributed by atoms with Crippen molar-refractivity contribution in [2.24, 2.45) is 0 Å². The molecule has 196 valence electrons. The maximum atomic E-state index is 13.0. The maximum Gasteiger partial charge on any atom is 0.263 e. The van der Waals surface area contributed by atoms with Crippen molar-refractivity contribution in [2.75, 3.05) is 50.0 Å². The molecule has 0 bridgehead atoms. The second-order valence-corrected chi connectivity index (χ2v) is 10.2. The predicted octanol–water partition coefficient (Wildman–Crippen LogP) is 4.45. The molecule has 1 aliphatic rings. The minimum Gasteiger partial charge on any atom is -0.496 e. The molecular weight excluding hydrogens is 516 g/mol. The minimum atomic E-state index is -3.89. The van der Waals surface area contributed by atoms with Gasteiger partial charge in [-0.25, -0.2) is 8.42 Å². The highest BCUT2D eigenvalue weighted by molar-refractivity contribution is 7.92. The number of ether oxygens (including phenoxy) is 2.